The van der Waals surface area contributed by atoms with E-state index in [-0.39, 0.29) is 17.2 Å². The molecule has 1 fully saturated rings. The monoisotopic (exact) mass is 225 g/mol. The van der Waals surface area contributed by atoms with Gasteiger partial charge in [0.1, 0.15) is 17.4 Å². The highest BCUT2D eigenvalue weighted by Crippen LogP contribution is 2.29. The molecule has 88 valence electrons. The molecule has 0 aliphatic carbocycles. The zero-order valence-electron chi connectivity index (χ0n) is 8.85. The lowest BCUT2D eigenvalue weighted by Crippen LogP contribution is -2.33. The van der Waals surface area contributed by atoms with E-state index in [0.717, 1.165) is 19.4 Å². The Morgan fingerprint density at radius 1 is 1.62 bits per heavy atom. The van der Waals surface area contributed by atoms with Crippen LogP contribution in [-0.2, 0) is 0 Å². The van der Waals surface area contributed by atoms with E-state index in [1.54, 1.807) is 0 Å². The van der Waals surface area contributed by atoms with Crippen molar-refractivity contribution in [3.63, 3.8) is 0 Å². The molecule has 5 nitrogen and oxygen atoms in total. The van der Waals surface area contributed by atoms with Crippen LogP contribution in [0.1, 0.15) is 35.1 Å². The molecule has 3 N–H and O–H groups in total. The Labute approximate surface area is 93.1 Å². The van der Waals surface area contributed by atoms with Gasteiger partial charge >= 0.3 is 5.97 Å². The van der Waals surface area contributed by atoms with E-state index in [1.165, 1.54) is 12.3 Å². The number of hydrogen-bond donors (Lipinski definition) is 3. The van der Waals surface area contributed by atoms with Crippen LogP contribution < -0.4 is 5.32 Å². The van der Waals surface area contributed by atoms with Crippen LogP contribution in [0, 0.1) is 5.92 Å². The lowest BCUT2D eigenvalue weighted by molar-refractivity contribution is 0.0609. The van der Waals surface area contributed by atoms with E-state index >= 15 is 0 Å². The molecule has 2 heterocycles. The fourth-order valence-corrected chi connectivity index (χ4v) is 2.09. The molecule has 1 aliphatic heterocycles. The zero-order valence-corrected chi connectivity index (χ0v) is 8.85. The summed E-state index contributed by atoms with van der Waals surface area (Å²) in [4.78, 5) is 10.9. The summed E-state index contributed by atoms with van der Waals surface area (Å²) < 4.78 is 5.08. The first-order valence-corrected chi connectivity index (χ1v) is 5.39. The lowest BCUT2D eigenvalue weighted by Gasteiger charge is -2.26. The molecule has 0 saturated carbocycles. The van der Waals surface area contributed by atoms with Gasteiger partial charge in [-0.05, 0) is 25.5 Å². The molecular formula is C11H15NO4. The number of aliphatic hydroxyl groups is 1. The predicted octanol–water partition coefficient (Wildman–Crippen LogP) is 1.01. The van der Waals surface area contributed by atoms with E-state index in [0.29, 0.717) is 6.54 Å². The Kier molecular flexibility index (Phi) is 3.26. The number of piperidine rings is 1. The Morgan fingerprint density at radius 3 is 3.06 bits per heavy atom. The second kappa shape index (κ2) is 4.67. The maximum atomic E-state index is 10.9. The second-order valence-corrected chi connectivity index (χ2v) is 4.05. The van der Waals surface area contributed by atoms with Gasteiger partial charge in [-0.2, -0.15) is 0 Å². The minimum absolute atomic E-state index is 0.0259. The smallest absolute Gasteiger partial charge is 0.339 e. The van der Waals surface area contributed by atoms with Gasteiger partial charge in [0, 0.05) is 12.5 Å². The molecule has 16 heavy (non-hydrogen) atoms. The first-order chi connectivity index (χ1) is 7.70. The van der Waals surface area contributed by atoms with E-state index in [1.807, 2.05) is 0 Å². The van der Waals surface area contributed by atoms with Crippen LogP contribution in [0.2, 0.25) is 0 Å². The summed E-state index contributed by atoms with van der Waals surface area (Å²) in [5.74, 6) is -0.870. The van der Waals surface area contributed by atoms with E-state index < -0.39 is 12.1 Å². The van der Waals surface area contributed by atoms with Crippen molar-refractivity contribution < 1.29 is 19.4 Å². The fraction of sp³-hybridized carbons (Fsp3) is 0.545. The van der Waals surface area contributed by atoms with Crippen LogP contribution in [0.3, 0.4) is 0 Å². The third-order valence-corrected chi connectivity index (χ3v) is 2.98. The summed E-state index contributed by atoms with van der Waals surface area (Å²) in [6, 6.07) is 1.37. The third kappa shape index (κ3) is 2.10. The SMILES string of the molecule is O=C(O)c1ccoc1C(O)C1CCCNC1. The highest BCUT2D eigenvalue weighted by atomic mass is 16.4. The summed E-state index contributed by atoms with van der Waals surface area (Å²) in [5, 5.41) is 22.2. The van der Waals surface area contributed by atoms with Crippen LogP contribution in [0.4, 0.5) is 0 Å². The second-order valence-electron chi connectivity index (χ2n) is 4.05. The van der Waals surface area contributed by atoms with Crippen LogP contribution in [0.15, 0.2) is 16.7 Å². The van der Waals surface area contributed by atoms with E-state index in [4.69, 9.17) is 9.52 Å². The molecule has 0 amide bonds. The van der Waals surface area contributed by atoms with Crippen LogP contribution in [-0.4, -0.2) is 29.3 Å². The normalized spacial score (nSPS) is 22.9. The van der Waals surface area contributed by atoms with Gasteiger partial charge < -0.3 is 19.9 Å². The van der Waals surface area contributed by atoms with Crippen molar-refractivity contribution in [3.8, 4) is 0 Å². The average Bonchev–Trinajstić information content (AvgIpc) is 2.78. The van der Waals surface area contributed by atoms with Gasteiger partial charge in [-0.3, -0.25) is 0 Å². The molecule has 1 saturated heterocycles. The summed E-state index contributed by atoms with van der Waals surface area (Å²) >= 11 is 0. The van der Waals surface area contributed by atoms with Gasteiger partial charge in [-0.1, -0.05) is 0 Å². The van der Waals surface area contributed by atoms with Gasteiger partial charge in [0.2, 0.25) is 0 Å². The molecule has 0 bridgehead atoms. The third-order valence-electron chi connectivity index (χ3n) is 2.98. The number of furan rings is 1. The first-order valence-electron chi connectivity index (χ1n) is 5.39. The molecule has 1 aromatic rings. The van der Waals surface area contributed by atoms with E-state index in [2.05, 4.69) is 5.32 Å². The van der Waals surface area contributed by atoms with Crippen molar-refractivity contribution in [2.45, 2.75) is 18.9 Å². The van der Waals surface area contributed by atoms with Gasteiger partial charge in [0.15, 0.2) is 0 Å². The van der Waals surface area contributed by atoms with Crippen LogP contribution in [0.5, 0.6) is 0 Å². The number of carbonyl (C=O) groups is 1. The minimum Gasteiger partial charge on any atom is -0.478 e. The number of hydrogen-bond acceptors (Lipinski definition) is 4. The Balaban J connectivity index is 2.15. The molecule has 5 heteroatoms. The zero-order chi connectivity index (χ0) is 11.5. The summed E-state index contributed by atoms with van der Waals surface area (Å²) in [6.07, 6.45) is 2.34. The molecule has 2 rings (SSSR count). The van der Waals surface area contributed by atoms with Crippen molar-refractivity contribution in [1.82, 2.24) is 5.32 Å². The molecule has 0 aromatic carbocycles. The number of carboxylic acid groups (broad SMARTS) is 1. The maximum absolute atomic E-state index is 10.9. The van der Waals surface area contributed by atoms with Crippen molar-refractivity contribution in [1.29, 1.82) is 0 Å². The van der Waals surface area contributed by atoms with Crippen molar-refractivity contribution in [2.75, 3.05) is 13.1 Å². The number of rotatable bonds is 3. The highest BCUT2D eigenvalue weighted by molar-refractivity contribution is 5.88. The molecule has 1 aliphatic rings. The van der Waals surface area contributed by atoms with Gasteiger partial charge in [-0.25, -0.2) is 4.79 Å². The van der Waals surface area contributed by atoms with Gasteiger partial charge in [0.05, 0.1) is 6.26 Å². The Bertz CT molecular complexity index is 368. The standard InChI is InChI=1S/C11H15NO4/c13-9(7-2-1-4-12-6-7)10-8(11(14)15)3-5-16-10/h3,5,7,9,12-13H,1-2,4,6H2,(H,14,15). The largest absolute Gasteiger partial charge is 0.478 e. The first kappa shape index (κ1) is 11.2. The maximum Gasteiger partial charge on any atom is 0.339 e. The fourth-order valence-electron chi connectivity index (χ4n) is 2.09. The van der Waals surface area contributed by atoms with Crippen molar-refractivity contribution in [2.24, 2.45) is 5.92 Å². The van der Waals surface area contributed by atoms with Crippen LogP contribution >= 0.6 is 0 Å². The molecule has 2 atom stereocenters. The van der Waals surface area contributed by atoms with Gasteiger partial charge in [0.25, 0.3) is 0 Å². The van der Waals surface area contributed by atoms with E-state index in [9.17, 15) is 9.90 Å². The predicted molar refractivity (Wildman–Crippen MR) is 56.2 cm³/mol. The Morgan fingerprint density at radius 2 is 2.44 bits per heavy atom. The average molecular weight is 225 g/mol. The number of carboxylic acids is 1. The summed E-state index contributed by atoms with van der Waals surface area (Å²) in [5.41, 5.74) is 0.0538. The molecule has 2 unspecified atom stereocenters. The van der Waals surface area contributed by atoms with Crippen molar-refractivity contribution >= 4 is 5.97 Å². The number of nitrogens with one attached hydrogen (secondary N) is 1. The summed E-state index contributed by atoms with van der Waals surface area (Å²) in [6.45, 7) is 1.65. The minimum atomic E-state index is -1.06. The van der Waals surface area contributed by atoms with Crippen LogP contribution in [0.25, 0.3) is 0 Å². The summed E-state index contributed by atoms with van der Waals surface area (Å²) in [7, 11) is 0. The number of aliphatic hydroxyl groups excluding tert-OH is 1. The number of aromatic carboxylic acids is 1. The molecule has 0 radical (unpaired) electrons. The van der Waals surface area contributed by atoms with Gasteiger partial charge in [-0.15, -0.1) is 0 Å². The quantitative estimate of drug-likeness (QED) is 0.715. The Hall–Kier alpha value is -1.33. The topological polar surface area (TPSA) is 82.7 Å². The molecule has 0 spiro atoms. The lowest BCUT2D eigenvalue weighted by atomic mass is 9.91. The molecular weight excluding hydrogens is 210 g/mol. The molecule has 1 aromatic heterocycles. The van der Waals surface area contributed by atoms with Crippen molar-refractivity contribution in [3.05, 3.63) is 23.7 Å². The highest BCUT2D eigenvalue weighted by Gasteiger charge is 2.29.